The summed E-state index contributed by atoms with van der Waals surface area (Å²) < 4.78 is 39.7. The van der Waals surface area contributed by atoms with Crippen LogP contribution in [0.4, 0.5) is 0 Å². The predicted octanol–water partition coefficient (Wildman–Crippen LogP) is 1.49. The SMILES string of the molecule is COC(=O)CCCCCCC(=O)NN=Cc1ccc(S(=O)(=O)O)o1. The van der Waals surface area contributed by atoms with Crippen molar-refractivity contribution < 1.29 is 31.7 Å². The lowest BCUT2D eigenvalue weighted by Gasteiger charge is -2.01. The summed E-state index contributed by atoms with van der Waals surface area (Å²) in [5.74, 6) is -0.455. The lowest BCUT2D eigenvalue weighted by atomic mass is 10.1. The fourth-order valence-electron chi connectivity index (χ4n) is 1.78. The number of amides is 1. The molecule has 0 radical (unpaired) electrons. The quantitative estimate of drug-likeness (QED) is 0.212. The molecule has 0 fully saturated rings. The zero-order valence-electron chi connectivity index (χ0n) is 13.2. The van der Waals surface area contributed by atoms with E-state index in [2.05, 4.69) is 15.3 Å². The van der Waals surface area contributed by atoms with Gasteiger partial charge in [0, 0.05) is 12.8 Å². The second-order valence-corrected chi connectivity index (χ2v) is 6.27. The molecule has 0 spiro atoms. The molecule has 0 bridgehead atoms. The van der Waals surface area contributed by atoms with Crippen LogP contribution >= 0.6 is 0 Å². The maximum atomic E-state index is 11.5. The van der Waals surface area contributed by atoms with Gasteiger partial charge in [-0.2, -0.15) is 13.5 Å². The number of furan rings is 1. The van der Waals surface area contributed by atoms with Gasteiger partial charge in [0.1, 0.15) is 5.76 Å². The van der Waals surface area contributed by atoms with E-state index in [0.717, 1.165) is 31.5 Å². The van der Waals surface area contributed by atoms with Crippen LogP contribution in [0.2, 0.25) is 0 Å². The Morgan fingerprint density at radius 3 is 2.50 bits per heavy atom. The summed E-state index contributed by atoms with van der Waals surface area (Å²) in [6.07, 6.45) is 4.81. The molecular formula is C14H20N2O7S. The van der Waals surface area contributed by atoms with Crippen molar-refractivity contribution in [2.45, 2.75) is 43.6 Å². The van der Waals surface area contributed by atoms with Gasteiger partial charge in [-0.15, -0.1) is 0 Å². The third kappa shape index (κ3) is 7.88. The molecule has 1 heterocycles. The summed E-state index contributed by atoms with van der Waals surface area (Å²) in [6.45, 7) is 0. The van der Waals surface area contributed by atoms with E-state index in [1.165, 1.54) is 13.2 Å². The predicted molar refractivity (Wildman–Crippen MR) is 84.0 cm³/mol. The number of ether oxygens (including phenoxy) is 1. The van der Waals surface area contributed by atoms with Crippen LogP contribution in [0.25, 0.3) is 0 Å². The van der Waals surface area contributed by atoms with Crippen LogP contribution in [0.5, 0.6) is 0 Å². The molecule has 9 nitrogen and oxygen atoms in total. The standard InChI is InChI=1S/C14H20N2O7S/c1-22-13(18)7-5-3-2-4-6-12(17)16-15-10-11-8-9-14(23-11)24(19,20)21/h8-10H,2-7H2,1H3,(H,16,17)(H,19,20,21). The van der Waals surface area contributed by atoms with Gasteiger partial charge in [0.25, 0.3) is 0 Å². The molecule has 0 aliphatic carbocycles. The van der Waals surface area contributed by atoms with Gasteiger partial charge >= 0.3 is 16.1 Å². The van der Waals surface area contributed by atoms with Crippen molar-refractivity contribution in [3.63, 3.8) is 0 Å². The Kier molecular flexibility index (Phi) is 8.13. The molecule has 2 N–H and O–H groups in total. The van der Waals surface area contributed by atoms with E-state index in [1.54, 1.807) is 0 Å². The molecule has 0 unspecified atom stereocenters. The van der Waals surface area contributed by atoms with Crippen LogP contribution in [0.1, 0.15) is 44.3 Å². The lowest BCUT2D eigenvalue weighted by Crippen LogP contribution is -2.16. The molecule has 0 aliphatic rings. The fourth-order valence-corrected chi connectivity index (χ4v) is 2.22. The van der Waals surface area contributed by atoms with E-state index < -0.39 is 15.2 Å². The minimum atomic E-state index is -4.39. The van der Waals surface area contributed by atoms with Gasteiger partial charge in [-0.05, 0) is 25.0 Å². The molecule has 1 aromatic heterocycles. The third-order valence-corrected chi connectivity index (χ3v) is 3.73. The molecule has 0 aliphatic heterocycles. The summed E-state index contributed by atoms with van der Waals surface area (Å²) >= 11 is 0. The lowest BCUT2D eigenvalue weighted by molar-refractivity contribution is -0.140. The van der Waals surface area contributed by atoms with Gasteiger partial charge in [-0.1, -0.05) is 12.8 Å². The van der Waals surface area contributed by atoms with Gasteiger partial charge < -0.3 is 9.15 Å². The molecular weight excluding hydrogens is 340 g/mol. The van der Waals surface area contributed by atoms with Crippen LogP contribution in [-0.2, 0) is 24.4 Å². The zero-order valence-corrected chi connectivity index (χ0v) is 14.0. The van der Waals surface area contributed by atoms with Crippen LogP contribution in [0.3, 0.4) is 0 Å². The molecule has 0 saturated carbocycles. The summed E-state index contributed by atoms with van der Waals surface area (Å²) in [5, 5.41) is 3.04. The molecule has 134 valence electrons. The summed E-state index contributed by atoms with van der Waals surface area (Å²) in [7, 11) is -3.05. The van der Waals surface area contributed by atoms with E-state index in [1.807, 2.05) is 0 Å². The Balaban J connectivity index is 2.19. The molecule has 0 atom stereocenters. The molecule has 0 saturated heterocycles. The van der Waals surface area contributed by atoms with Crippen molar-refractivity contribution in [2.24, 2.45) is 5.10 Å². The molecule has 1 rings (SSSR count). The van der Waals surface area contributed by atoms with Crippen LogP contribution in [-0.4, -0.2) is 38.2 Å². The monoisotopic (exact) mass is 360 g/mol. The highest BCUT2D eigenvalue weighted by Crippen LogP contribution is 2.11. The van der Waals surface area contributed by atoms with Crippen molar-refractivity contribution in [2.75, 3.05) is 7.11 Å². The van der Waals surface area contributed by atoms with Crippen LogP contribution in [0, 0.1) is 0 Å². The Hall–Kier alpha value is -2.20. The molecule has 24 heavy (non-hydrogen) atoms. The maximum Gasteiger partial charge on any atom is 0.328 e. The Morgan fingerprint density at radius 1 is 1.25 bits per heavy atom. The highest BCUT2D eigenvalue weighted by molar-refractivity contribution is 7.85. The number of rotatable bonds is 10. The largest absolute Gasteiger partial charge is 0.469 e. The number of carbonyl (C=O) groups is 2. The Morgan fingerprint density at radius 2 is 1.92 bits per heavy atom. The Bertz CT molecular complexity index is 679. The van der Waals surface area contributed by atoms with E-state index >= 15 is 0 Å². The minimum Gasteiger partial charge on any atom is -0.469 e. The number of esters is 1. The minimum absolute atomic E-state index is 0.0748. The highest BCUT2D eigenvalue weighted by Gasteiger charge is 2.13. The normalized spacial score (nSPS) is 11.6. The van der Waals surface area contributed by atoms with Gasteiger partial charge in [-0.25, -0.2) is 5.43 Å². The van der Waals surface area contributed by atoms with E-state index in [0.29, 0.717) is 12.8 Å². The number of hydrogen-bond donors (Lipinski definition) is 2. The van der Waals surface area contributed by atoms with Crippen molar-refractivity contribution >= 4 is 28.2 Å². The molecule has 1 aromatic rings. The molecule has 0 aromatic carbocycles. The zero-order chi connectivity index (χ0) is 18.0. The average Bonchev–Trinajstić information content (AvgIpc) is 2.99. The second-order valence-electron chi connectivity index (χ2n) is 4.92. The van der Waals surface area contributed by atoms with E-state index in [-0.39, 0.29) is 24.1 Å². The Labute approximate surface area is 139 Å². The maximum absolute atomic E-state index is 11.5. The summed E-state index contributed by atoms with van der Waals surface area (Å²) in [4.78, 5) is 22.4. The summed E-state index contributed by atoms with van der Waals surface area (Å²) in [5.41, 5.74) is 2.28. The number of hydrogen-bond acceptors (Lipinski definition) is 7. The third-order valence-electron chi connectivity index (χ3n) is 3.00. The van der Waals surface area contributed by atoms with Gasteiger partial charge in [0.15, 0.2) is 0 Å². The van der Waals surface area contributed by atoms with Crippen molar-refractivity contribution in [1.29, 1.82) is 0 Å². The van der Waals surface area contributed by atoms with Crippen molar-refractivity contribution in [3.8, 4) is 0 Å². The first-order chi connectivity index (χ1) is 11.3. The topological polar surface area (TPSA) is 135 Å². The first-order valence-corrected chi connectivity index (χ1v) is 8.73. The number of carbonyl (C=O) groups excluding carboxylic acids is 2. The van der Waals surface area contributed by atoms with E-state index in [4.69, 9.17) is 8.97 Å². The number of methoxy groups -OCH3 is 1. The highest BCUT2D eigenvalue weighted by atomic mass is 32.2. The fraction of sp³-hybridized carbons (Fsp3) is 0.500. The van der Waals surface area contributed by atoms with Gasteiger partial charge in [0.05, 0.1) is 13.3 Å². The summed E-state index contributed by atoms with van der Waals surface area (Å²) in [6, 6.07) is 2.37. The molecule has 1 amide bonds. The van der Waals surface area contributed by atoms with Crippen molar-refractivity contribution in [1.82, 2.24) is 5.43 Å². The number of nitrogens with zero attached hydrogens (tertiary/aromatic N) is 1. The van der Waals surface area contributed by atoms with Crippen molar-refractivity contribution in [3.05, 3.63) is 17.9 Å². The number of hydrazone groups is 1. The van der Waals surface area contributed by atoms with E-state index in [9.17, 15) is 18.0 Å². The average molecular weight is 360 g/mol. The first-order valence-electron chi connectivity index (χ1n) is 7.29. The number of nitrogens with one attached hydrogen (secondary N) is 1. The van der Waals surface area contributed by atoms with Crippen LogP contribution in [0.15, 0.2) is 26.7 Å². The smallest absolute Gasteiger partial charge is 0.328 e. The molecule has 10 heteroatoms. The number of unbranched alkanes of at least 4 members (excludes halogenated alkanes) is 3. The van der Waals surface area contributed by atoms with Gasteiger partial charge in [-0.3, -0.25) is 14.1 Å². The second kappa shape index (κ2) is 9.83. The van der Waals surface area contributed by atoms with Crippen LogP contribution < -0.4 is 5.43 Å². The first kappa shape index (κ1) is 19.8. The van der Waals surface area contributed by atoms with Gasteiger partial charge in [0.2, 0.25) is 11.0 Å².